The number of fused-ring (bicyclic) bond motifs is 1. The van der Waals surface area contributed by atoms with Gasteiger partial charge in [0.2, 0.25) is 0 Å². The molecule has 0 radical (unpaired) electrons. The lowest BCUT2D eigenvalue weighted by atomic mass is 9.89. The standard InChI is InChI=1S/C28H25F3N4O2/c1-34-23-5-3-2-4-20(23)16-24(34)26(36)33-22-9-6-18(7-10-22)19-12-14-35(15-13-19)27(37)21-8-11-25(32-17-21)28(29,30)31/h2-11,16-17,19H,12-15H2,1H3,(H,33,36). The van der Waals surface area contributed by atoms with Crippen molar-refractivity contribution in [3.63, 3.8) is 0 Å². The normalized spacial score (nSPS) is 14.6. The summed E-state index contributed by atoms with van der Waals surface area (Å²) in [6, 6.07) is 19.4. The van der Waals surface area contributed by atoms with Gasteiger partial charge in [0.25, 0.3) is 11.8 Å². The zero-order valence-electron chi connectivity index (χ0n) is 20.1. The van der Waals surface area contributed by atoms with Crippen molar-refractivity contribution < 1.29 is 22.8 Å². The molecule has 3 heterocycles. The largest absolute Gasteiger partial charge is 0.433 e. The van der Waals surface area contributed by atoms with Gasteiger partial charge in [-0.1, -0.05) is 30.3 Å². The number of rotatable bonds is 4. The minimum atomic E-state index is -4.53. The number of benzene rings is 2. The first-order chi connectivity index (χ1) is 17.7. The molecule has 0 saturated carbocycles. The first kappa shape index (κ1) is 24.5. The van der Waals surface area contributed by atoms with E-state index in [1.165, 1.54) is 6.07 Å². The highest BCUT2D eigenvalue weighted by atomic mass is 19.4. The highest BCUT2D eigenvalue weighted by Gasteiger charge is 2.33. The number of carbonyl (C=O) groups excluding carboxylic acids is 2. The van der Waals surface area contributed by atoms with Gasteiger partial charge in [-0.15, -0.1) is 0 Å². The molecule has 2 aromatic heterocycles. The van der Waals surface area contributed by atoms with Crippen molar-refractivity contribution in [2.75, 3.05) is 18.4 Å². The fourth-order valence-electron chi connectivity index (χ4n) is 4.83. The average Bonchev–Trinajstić information content (AvgIpc) is 3.25. The summed E-state index contributed by atoms with van der Waals surface area (Å²) < 4.78 is 40.0. The summed E-state index contributed by atoms with van der Waals surface area (Å²) in [6.45, 7) is 1.01. The first-order valence-electron chi connectivity index (χ1n) is 12.0. The Kier molecular flexibility index (Phi) is 6.45. The first-order valence-corrected chi connectivity index (χ1v) is 12.0. The molecule has 1 N–H and O–H groups in total. The highest BCUT2D eigenvalue weighted by molar-refractivity contribution is 6.06. The molecule has 0 spiro atoms. The minimum absolute atomic E-state index is 0.151. The zero-order chi connectivity index (χ0) is 26.2. The molecule has 0 atom stereocenters. The van der Waals surface area contributed by atoms with Gasteiger partial charge in [-0.3, -0.25) is 14.6 Å². The molecular weight excluding hydrogens is 481 g/mol. The fourth-order valence-corrected chi connectivity index (χ4v) is 4.83. The number of hydrogen-bond acceptors (Lipinski definition) is 3. The van der Waals surface area contributed by atoms with Gasteiger partial charge in [0.15, 0.2) is 0 Å². The molecule has 4 aromatic rings. The third kappa shape index (κ3) is 5.07. The van der Waals surface area contributed by atoms with E-state index < -0.39 is 11.9 Å². The maximum absolute atomic E-state index is 12.8. The highest BCUT2D eigenvalue weighted by Crippen LogP contribution is 2.31. The van der Waals surface area contributed by atoms with E-state index in [0.29, 0.717) is 24.5 Å². The van der Waals surface area contributed by atoms with Crippen LogP contribution in [0.4, 0.5) is 18.9 Å². The van der Waals surface area contributed by atoms with Crippen LogP contribution in [0, 0.1) is 0 Å². The van der Waals surface area contributed by atoms with Gasteiger partial charge in [-0.25, -0.2) is 0 Å². The van der Waals surface area contributed by atoms with Crippen molar-refractivity contribution in [1.82, 2.24) is 14.5 Å². The van der Waals surface area contributed by atoms with Crippen LogP contribution in [0.5, 0.6) is 0 Å². The molecule has 1 fully saturated rings. The van der Waals surface area contributed by atoms with E-state index in [1.54, 1.807) is 4.90 Å². The molecule has 6 nitrogen and oxygen atoms in total. The van der Waals surface area contributed by atoms with Crippen molar-refractivity contribution in [2.24, 2.45) is 7.05 Å². The smallest absolute Gasteiger partial charge is 0.340 e. The SMILES string of the molecule is Cn1c(C(=O)Nc2ccc(C3CCN(C(=O)c4ccc(C(F)(F)F)nc4)CC3)cc2)cc2ccccc21. The van der Waals surface area contributed by atoms with Crippen molar-refractivity contribution in [3.8, 4) is 0 Å². The molecule has 1 aliphatic heterocycles. The Balaban J connectivity index is 1.18. The lowest BCUT2D eigenvalue weighted by molar-refractivity contribution is -0.141. The Bertz CT molecular complexity index is 1440. The molecule has 0 aliphatic carbocycles. The molecule has 9 heteroatoms. The van der Waals surface area contributed by atoms with Crippen molar-refractivity contribution in [2.45, 2.75) is 24.9 Å². The Hall–Kier alpha value is -4.14. The third-order valence-corrected chi connectivity index (χ3v) is 6.91. The van der Waals surface area contributed by atoms with Crippen LogP contribution in [0.2, 0.25) is 0 Å². The van der Waals surface area contributed by atoms with E-state index in [9.17, 15) is 22.8 Å². The average molecular weight is 507 g/mol. The van der Waals surface area contributed by atoms with Gasteiger partial charge < -0.3 is 14.8 Å². The number of amides is 2. The quantitative estimate of drug-likeness (QED) is 0.377. The number of pyridine rings is 1. The molecule has 0 unspecified atom stereocenters. The van der Waals surface area contributed by atoms with Crippen LogP contribution in [0.15, 0.2) is 72.9 Å². The van der Waals surface area contributed by atoms with Gasteiger partial charge in [-0.05, 0) is 60.7 Å². The van der Waals surface area contributed by atoms with Crippen molar-refractivity contribution in [3.05, 3.63) is 95.4 Å². The summed E-state index contributed by atoms with van der Waals surface area (Å²) in [5, 5.41) is 3.96. The van der Waals surface area contributed by atoms with Crippen LogP contribution in [0.3, 0.4) is 0 Å². The summed E-state index contributed by atoms with van der Waals surface area (Å²) in [5.74, 6) is -0.250. The number of piperidine rings is 1. The number of hydrogen-bond donors (Lipinski definition) is 1. The number of carbonyl (C=O) groups is 2. The Morgan fingerprint density at radius 2 is 1.68 bits per heavy atom. The van der Waals surface area contributed by atoms with Crippen LogP contribution >= 0.6 is 0 Å². The van der Waals surface area contributed by atoms with E-state index in [-0.39, 0.29) is 23.3 Å². The van der Waals surface area contributed by atoms with E-state index in [2.05, 4.69) is 10.3 Å². The van der Waals surface area contributed by atoms with Gasteiger partial charge in [-0.2, -0.15) is 13.2 Å². The minimum Gasteiger partial charge on any atom is -0.340 e. The second-order valence-electron chi connectivity index (χ2n) is 9.22. The Morgan fingerprint density at radius 3 is 2.30 bits per heavy atom. The number of nitrogens with zero attached hydrogens (tertiary/aromatic N) is 3. The number of likely N-dealkylation sites (tertiary alicyclic amines) is 1. The number of aryl methyl sites for hydroxylation is 1. The zero-order valence-corrected chi connectivity index (χ0v) is 20.1. The Labute approximate surface area is 211 Å². The van der Waals surface area contributed by atoms with Crippen LogP contribution in [-0.4, -0.2) is 39.4 Å². The van der Waals surface area contributed by atoms with Gasteiger partial charge in [0, 0.05) is 42.9 Å². The molecule has 190 valence electrons. The topological polar surface area (TPSA) is 67.2 Å². The molecule has 1 aliphatic rings. The number of alkyl halides is 3. The van der Waals surface area contributed by atoms with Gasteiger partial charge in [0.05, 0.1) is 5.56 Å². The molecule has 2 amide bonds. The van der Waals surface area contributed by atoms with Crippen LogP contribution < -0.4 is 5.32 Å². The number of aromatic nitrogens is 2. The van der Waals surface area contributed by atoms with Crippen LogP contribution in [0.25, 0.3) is 10.9 Å². The second kappa shape index (κ2) is 9.72. The van der Waals surface area contributed by atoms with E-state index in [1.807, 2.05) is 66.2 Å². The number of anilines is 1. The van der Waals surface area contributed by atoms with E-state index in [0.717, 1.165) is 41.6 Å². The van der Waals surface area contributed by atoms with Crippen LogP contribution in [0.1, 0.15) is 50.9 Å². The van der Waals surface area contributed by atoms with Gasteiger partial charge in [0.1, 0.15) is 11.4 Å². The maximum Gasteiger partial charge on any atom is 0.433 e. The second-order valence-corrected chi connectivity index (χ2v) is 9.22. The van der Waals surface area contributed by atoms with Crippen molar-refractivity contribution in [1.29, 1.82) is 0 Å². The molecule has 37 heavy (non-hydrogen) atoms. The van der Waals surface area contributed by atoms with E-state index in [4.69, 9.17) is 0 Å². The summed E-state index contributed by atoms with van der Waals surface area (Å²) in [5.41, 5.74) is 2.51. The summed E-state index contributed by atoms with van der Waals surface area (Å²) in [6.07, 6.45) is -2.07. The fraction of sp³-hybridized carbons (Fsp3) is 0.250. The van der Waals surface area contributed by atoms with E-state index >= 15 is 0 Å². The molecule has 1 saturated heterocycles. The third-order valence-electron chi connectivity index (χ3n) is 6.91. The summed E-state index contributed by atoms with van der Waals surface area (Å²) in [7, 11) is 1.87. The van der Waals surface area contributed by atoms with Crippen molar-refractivity contribution >= 4 is 28.4 Å². The van der Waals surface area contributed by atoms with Crippen LogP contribution in [-0.2, 0) is 13.2 Å². The predicted octanol–water partition coefficient (Wildman–Crippen LogP) is 5.86. The summed E-state index contributed by atoms with van der Waals surface area (Å²) in [4.78, 5) is 30.6. The lowest BCUT2D eigenvalue weighted by Gasteiger charge is -2.32. The monoisotopic (exact) mass is 506 g/mol. The lowest BCUT2D eigenvalue weighted by Crippen LogP contribution is -2.38. The predicted molar refractivity (Wildman–Crippen MR) is 134 cm³/mol. The maximum atomic E-state index is 12.8. The molecule has 0 bridgehead atoms. The molecule has 2 aromatic carbocycles. The molecular formula is C28H25F3N4O2. The summed E-state index contributed by atoms with van der Waals surface area (Å²) >= 11 is 0. The number of nitrogens with one attached hydrogen (secondary N) is 1. The number of halogens is 3. The number of para-hydroxylation sites is 1. The molecule has 5 rings (SSSR count). The van der Waals surface area contributed by atoms with Gasteiger partial charge >= 0.3 is 6.18 Å². The Morgan fingerprint density at radius 1 is 0.973 bits per heavy atom.